The molecule has 0 radical (unpaired) electrons. The number of ether oxygens (including phenoxy) is 1. The first-order valence-electron chi connectivity index (χ1n) is 5.84. The van der Waals surface area contributed by atoms with Crippen LogP contribution in [0.15, 0.2) is 30.3 Å². The van der Waals surface area contributed by atoms with Gasteiger partial charge in [-0.25, -0.2) is 0 Å². The highest BCUT2D eigenvalue weighted by atomic mass is 16.5. The van der Waals surface area contributed by atoms with Crippen LogP contribution < -0.4 is 4.90 Å². The predicted molar refractivity (Wildman–Crippen MR) is 67.0 cm³/mol. The van der Waals surface area contributed by atoms with Crippen LogP contribution in [0.3, 0.4) is 0 Å². The van der Waals surface area contributed by atoms with Crippen LogP contribution in [0.25, 0.3) is 0 Å². The minimum Gasteiger partial charge on any atom is -0.465 e. The molecule has 0 amide bonds. The smallest absolute Gasteiger partial charge is 0.325 e. The Hall–Kier alpha value is -1.55. The van der Waals surface area contributed by atoms with E-state index in [1.807, 2.05) is 35.2 Å². The highest BCUT2D eigenvalue weighted by Gasteiger charge is 2.11. The van der Waals surface area contributed by atoms with Crippen molar-refractivity contribution in [2.24, 2.45) is 0 Å². The molecule has 94 valence electrons. The van der Waals surface area contributed by atoms with Gasteiger partial charge in [0.15, 0.2) is 0 Å². The monoisotopic (exact) mass is 237 g/mol. The van der Waals surface area contributed by atoms with Gasteiger partial charge >= 0.3 is 5.97 Å². The zero-order valence-corrected chi connectivity index (χ0v) is 10.1. The van der Waals surface area contributed by atoms with Gasteiger partial charge < -0.3 is 14.7 Å². The van der Waals surface area contributed by atoms with Crippen molar-refractivity contribution in [1.82, 2.24) is 0 Å². The van der Waals surface area contributed by atoms with E-state index in [9.17, 15) is 4.79 Å². The third-order valence-electron chi connectivity index (χ3n) is 2.33. The molecule has 17 heavy (non-hydrogen) atoms. The Labute approximate surface area is 102 Å². The summed E-state index contributed by atoms with van der Waals surface area (Å²) in [6.45, 7) is 3.16. The van der Waals surface area contributed by atoms with E-state index in [-0.39, 0.29) is 19.1 Å². The molecular weight excluding hydrogens is 218 g/mol. The number of hydrogen-bond donors (Lipinski definition) is 1. The number of nitrogens with zero attached hydrogens (tertiary/aromatic N) is 1. The van der Waals surface area contributed by atoms with Gasteiger partial charge in [0.05, 0.1) is 6.61 Å². The van der Waals surface area contributed by atoms with E-state index >= 15 is 0 Å². The number of anilines is 1. The molecular formula is C13H19NO3. The van der Waals surface area contributed by atoms with Gasteiger partial charge in [0, 0.05) is 18.8 Å². The lowest BCUT2D eigenvalue weighted by atomic mass is 10.2. The van der Waals surface area contributed by atoms with Gasteiger partial charge in [-0.2, -0.15) is 0 Å². The Kier molecular flexibility index (Phi) is 6.10. The molecule has 0 aliphatic heterocycles. The third kappa shape index (κ3) is 4.87. The summed E-state index contributed by atoms with van der Waals surface area (Å²) in [5.74, 6) is -0.241. The first-order chi connectivity index (χ1) is 8.27. The fraction of sp³-hybridized carbons (Fsp3) is 0.462. The molecule has 0 saturated carbocycles. The zero-order valence-electron chi connectivity index (χ0n) is 10.1. The summed E-state index contributed by atoms with van der Waals surface area (Å²) in [5, 5.41) is 8.86. The maximum atomic E-state index is 11.5. The quantitative estimate of drug-likeness (QED) is 0.729. The van der Waals surface area contributed by atoms with Crippen LogP contribution in [0.4, 0.5) is 5.69 Å². The Morgan fingerprint density at radius 1 is 1.35 bits per heavy atom. The second-order valence-corrected chi connectivity index (χ2v) is 3.64. The minimum absolute atomic E-state index is 0.117. The summed E-state index contributed by atoms with van der Waals surface area (Å²) in [4.78, 5) is 13.4. The average Bonchev–Trinajstić information content (AvgIpc) is 2.36. The van der Waals surface area contributed by atoms with Crippen molar-refractivity contribution < 1.29 is 14.6 Å². The number of rotatable bonds is 7. The van der Waals surface area contributed by atoms with Crippen molar-refractivity contribution in [2.75, 3.05) is 31.2 Å². The first-order valence-corrected chi connectivity index (χ1v) is 5.84. The molecule has 0 aliphatic rings. The van der Waals surface area contributed by atoms with Gasteiger partial charge in [0.25, 0.3) is 0 Å². The topological polar surface area (TPSA) is 49.8 Å². The van der Waals surface area contributed by atoms with Crippen molar-refractivity contribution in [1.29, 1.82) is 0 Å². The normalized spacial score (nSPS) is 10.0. The Morgan fingerprint density at radius 3 is 2.65 bits per heavy atom. The lowest BCUT2D eigenvalue weighted by Gasteiger charge is -2.23. The van der Waals surface area contributed by atoms with Crippen LogP contribution in [0.1, 0.15) is 13.3 Å². The van der Waals surface area contributed by atoms with Crippen molar-refractivity contribution in [3.8, 4) is 0 Å². The molecule has 0 atom stereocenters. The molecule has 0 fully saturated rings. The molecule has 0 saturated heterocycles. The van der Waals surface area contributed by atoms with Crippen molar-refractivity contribution >= 4 is 11.7 Å². The van der Waals surface area contributed by atoms with Crippen molar-refractivity contribution in [3.05, 3.63) is 30.3 Å². The zero-order chi connectivity index (χ0) is 12.5. The standard InChI is InChI=1S/C13H19NO3/c1-2-17-13(16)11-14(9-6-10-15)12-7-4-3-5-8-12/h3-5,7-8,15H,2,6,9-11H2,1H3. The number of esters is 1. The molecule has 0 unspecified atom stereocenters. The highest BCUT2D eigenvalue weighted by molar-refractivity contribution is 5.75. The molecule has 0 bridgehead atoms. The molecule has 0 aliphatic carbocycles. The van der Waals surface area contributed by atoms with Crippen molar-refractivity contribution in [3.63, 3.8) is 0 Å². The Balaban J connectivity index is 2.63. The van der Waals surface area contributed by atoms with Gasteiger partial charge in [-0.3, -0.25) is 4.79 Å². The Morgan fingerprint density at radius 2 is 2.06 bits per heavy atom. The Bertz CT molecular complexity index is 327. The van der Waals surface area contributed by atoms with Crippen LogP contribution in [0.2, 0.25) is 0 Å². The minimum atomic E-state index is -0.241. The third-order valence-corrected chi connectivity index (χ3v) is 2.33. The fourth-order valence-corrected chi connectivity index (χ4v) is 1.56. The number of benzene rings is 1. The molecule has 0 aromatic heterocycles. The lowest BCUT2D eigenvalue weighted by Crippen LogP contribution is -2.32. The van der Waals surface area contributed by atoms with Gasteiger partial charge in [-0.15, -0.1) is 0 Å². The highest BCUT2D eigenvalue weighted by Crippen LogP contribution is 2.13. The summed E-state index contributed by atoms with van der Waals surface area (Å²) in [7, 11) is 0. The number of hydrogen-bond acceptors (Lipinski definition) is 4. The molecule has 4 heteroatoms. The molecule has 1 aromatic rings. The summed E-state index contributed by atoms with van der Waals surface area (Å²) in [6.07, 6.45) is 0.633. The number of aliphatic hydroxyl groups is 1. The van der Waals surface area contributed by atoms with E-state index in [1.54, 1.807) is 6.92 Å². The van der Waals surface area contributed by atoms with Gasteiger partial charge in [-0.05, 0) is 25.5 Å². The van der Waals surface area contributed by atoms with Gasteiger partial charge in [0.2, 0.25) is 0 Å². The van der Waals surface area contributed by atoms with E-state index in [0.717, 1.165) is 5.69 Å². The van der Waals surface area contributed by atoms with E-state index in [4.69, 9.17) is 9.84 Å². The molecule has 1 aromatic carbocycles. The number of carbonyl (C=O) groups is 1. The molecule has 1 rings (SSSR count). The first kappa shape index (κ1) is 13.5. The predicted octanol–water partition coefficient (Wildman–Crippen LogP) is 1.44. The molecule has 1 N–H and O–H groups in total. The molecule has 0 spiro atoms. The van der Waals surface area contributed by atoms with E-state index in [2.05, 4.69) is 0 Å². The fourth-order valence-electron chi connectivity index (χ4n) is 1.56. The lowest BCUT2D eigenvalue weighted by molar-refractivity contribution is -0.141. The average molecular weight is 237 g/mol. The summed E-state index contributed by atoms with van der Waals surface area (Å²) < 4.78 is 4.93. The largest absolute Gasteiger partial charge is 0.465 e. The van der Waals surface area contributed by atoms with Crippen LogP contribution in [0, 0.1) is 0 Å². The summed E-state index contributed by atoms with van der Waals surface area (Å²) in [5.41, 5.74) is 0.967. The van der Waals surface area contributed by atoms with Gasteiger partial charge in [-0.1, -0.05) is 18.2 Å². The van der Waals surface area contributed by atoms with Crippen LogP contribution in [0.5, 0.6) is 0 Å². The van der Waals surface area contributed by atoms with Crippen molar-refractivity contribution in [2.45, 2.75) is 13.3 Å². The second kappa shape index (κ2) is 7.68. The molecule has 4 nitrogen and oxygen atoms in total. The van der Waals surface area contributed by atoms with E-state index in [0.29, 0.717) is 19.6 Å². The van der Waals surface area contributed by atoms with Crippen LogP contribution in [-0.2, 0) is 9.53 Å². The van der Waals surface area contributed by atoms with Crippen LogP contribution in [-0.4, -0.2) is 37.4 Å². The maximum absolute atomic E-state index is 11.5. The number of para-hydroxylation sites is 1. The summed E-state index contributed by atoms with van der Waals surface area (Å²) in [6, 6.07) is 9.66. The summed E-state index contributed by atoms with van der Waals surface area (Å²) >= 11 is 0. The maximum Gasteiger partial charge on any atom is 0.325 e. The van der Waals surface area contributed by atoms with E-state index in [1.165, 1.54) is 0 Å². The number of aliphatic hydroxyl groups excluding tert-OH is 1. The number of carbonyl (C=O) groups excluding carboxylic acids is 1. The van der Waals surface area contributed by atoms with E-state index < -0.39 is 0 Å². The SMILES string of the molecule is CCOC(=O)CN(CCCO)c1ccccc1. The molecule has 0 heterocycles. The van der Waals surface area contributed by atoms with Crippen LogP contribution >= 0.6 is 0 Å². The second-order valence-electron chi connectivity index (χ2n) is 3.64. The van der Waals surface area contributed by atoms with Gasteiger partial charge in [0.1, 0.15) is 6.54 Å².